The van der Waals surface area contributed by atoms with Gasteiger partial charge in [0.25, 0.3) is 15.9 Å². The van der Waals surface area contributed by atoms with Crippen molar-refractivity contribution in [3.63, 3.8) is 0 Å². The maximum Gasteiger partial charge on any atom is 0.268 e. The van der Waals surface area contributed by atoms with Crippen molar-refractivity contribution in [2.45, 2.75) is 57.6 Å². The van der Waals surface area contributed by atoms with Gasteiger partial charge in [0.05, 0.1) is 17.4 Å². The average Bonchev–Trinajstić information content (AvgIpc) is 3.10. The van der Waals surface area contributed by atoms with Gasteiger partial charge in [0.15, 0.2) is 0 Å². The number of carbonyl (C=O) groups excluding carboxylic acids is 1. The molecule has 3 aromatic rings. The van der Waals surface area contributed by atoms with E-state index in [1.54, 1.807) is 12.1 Å². The molecule has 0 spiro atoms. The van der Waals surface area contributed by atoms with E-state index in [0.717, 1.165) is 17.7 Å². The van der Waals surface area contributed by atoms with Crippen LogP contribution in [-0.2, 0) is 10.0 Å². The number of amides is 1. The summed E-state index contributed by atoms with van der Waals surface area (Å²) in [6, 6.07) is 13.7. The smallest absolute Gasteiger partial charge is 0.268 e. The minimum atomic E-state index is -4.24. The second-order valence-corrected chi connectivity index (χ2v) is 11.7. The molecule has 1 aliphatic rings. The Balaban J connectivity index is 1.74. The summed E-state index contributed by atoms with van der Waals surface area (Å²) in [6.45, 7) is 11.0. The number of carbonyl (C=O) groups is 1. The molecule has 1 aromatic carbocycles. The summed E-state index contributed by atoms with van der Waals surface area (Å²) in [5, 5.41) is 0. The monoisotopic (exact) mass is 523 g/mol. The molecule has 0 radical (unpaired) electrons. The van der Waals surface area contributed by atoms with Crippen molar-refractivity contribution in [1.82, 2.24) is 14.7 Å². The van der Waals surface area contributed by atoms with Gasteiger partial charge in [-0.15, -0.1) is 0 Å². The molecule has 1 fully saturated rings. The Bertz CT molecular complexity index is 1400. The van der Waals surface area contributed by atoms with E-state index in [4.69, 9.17) is 15.5 Å². The van der Waals surface area contributed by atoms with Crippen LogP contribution in [0.5, 0.6) is 5.75 Å². The summed E-state index contributed by atoms with van der Waals surface area (Å²) in [7, 11) is -4.24. The van der Waals surface area contributed by atoms with Crippen LogP contribution in [0.25, 0.3) is 11.3 Å². The molecule has 4 rings (SSSR count). The molecule has 2 aromatic heterocycles. The number of nitrogens with two attached hydrogens (primary N) is 1. The van der Waals surface area contributed by atoms with Crippen molar-refractivity contribution in [3.05, 3.63) is 60.3 Å². The Kier molecular flexibility index (Phi) is 7.14. The summed E-state index contributed by atoms with van der Waals surface area (Å²) in [4.78, 5) is 23.9. The van der Waals surface area contributed by atoms with Crippen molar-refractivity contribution in [2.75, 3.05) is 17.2 Å². The first kappa shape index (κ1) is 26.4. The van der Waals surface area contributed by atoms with Crippen molar-refractivity contribution in [1.29, 1.82) is 0 Å². The molecular weight excluding hydrogens is 490 g/mol. The van der Waals surface area contributed by atoms with Gasteiger partial charge in [0.1, 0.15) is 22.3 Å². The zero-order valence-electron chi connectivity index (χ0n) is 21.7. The Morgan fingerprint density at radius 1 is 1.16 bits per heavy atom. The van der Waals surface area contributed by atoms with Gasteiger partial charge < -0.3 is 15.4 Å². The topological polar surface area (TPSA) is 128 Å². The van der Waals surface area contributed by atoms with Crippen LogP contribution in [0.15, 0.2) is 59.6 Å². The number of aromatic nitrogens is 2. The largest absolute Gasteiger partial charge is 0.491 e. The van der Waals surface area contributed by atoms with Crippen LogP contribution in [-0.4, -0.2) is 42.5 Å². The van der Waals surface area contributed by atoms with Crippen LogP contribution < -0.4 is 20.1 Å². The first-order chi connectivity index (χ1) is 17.4. The molecule has 3 N–H and O–H groups in total. The molecular formula is C27H33N5O4S. The molecule has 1 saturated heterocycles. The highest BCUT2D eigenvalue weighted by Gasteiger charge is 2.41. The van der Waals surface area contributed by atoms with Gasteiger partial charge in [0.2, 0.25) is 0 Å². The fourth-order valence-corrected chi connectivity index (χ4v) is 5.49. The summed E-state index contributed by atoms with van der Waals surface area (Å²) in [6.07, 6.45) is 2.37. The molecule has 3 heterocycles. The van der Waals surface area contributed by atoms with Crippen LogP contribution in [0, 0.1) is 5.92 Å². The van der Waals surface area contributed by atoms with Gasteiger partial charge in [-0.2, -0.15) is 0 Å². The summed E-state index contributed by atoms with van der Waals surface area (Å²) in [5.74, 6) is 0.565. The molecule has 196 valence electrons. The van der Waals surface area contributed by atoms with Crippen LogP contribution in [0.4, 0.5) is 11.6 Å². The van der Waals surface area contributed by atoms with Gasteiger partial charge in [-0.1, -0.05) is 6.92 Å². The quantitative estimate of drug-likeness (QED) is 0.470. The number of nitrogens with zero attached hydrogens (tertiary/aromatic N) is 3. The van der Waals surface area contributed by atoms with Gasteiger partial charge in [0, 0.05) is 23.8 Å². The van der Waals surface area contributed by atoms with E-state index in [1.807, 2.05) is 38.1 Å². The van der Waals surface area contributed by atoms with Crippen LogP contribution in [0.1, 0.15) is 51.4 Å². The lowest BCUT2D eigenvalue weighted by molar-refractivity contribution is 0.0981. The highest BCUT2D eigenvalue weighted by molar-refractivity contribution is 7.90. The Labute approximate surface area is 218 Å². The standard InChI is InChI=1S/C27H33N5O4S/c1-17(2)36-20-10-8-19(9-11-20)22-13-12-21(25(30-22)32-16-14-18(3)27(32,4)5)26(33)31-37(34,35)23-7-6-15-29-24(23)28/h6-13,15,17-18H,14,16H2,1-5H3,(H2,28,29)(H,31,33). The number of benzene rings is 1. The van der Waals surface area contributed by atoms with E-state index in [2.05, 4.69) is 35.4 Å². The number of ether oxygens (including phenoxy) is 1. The Hall–Kier alpha value is -3.66. The van der Waals surface area contributed by atoms with Crippen molar-refractivity contribution in [3.8, 4) is 17.0 Å². The predicted octanol–water partition coefficient (Wildman–Crippen LogP) is 4.26. The highest BCUT2D eigenvalue weighted by atomic mass is 32.2. The Morgan fingerprint density at radius 3 is 2.46 bits per heavy atom. The van der Waals surface area contributed by atoms with Crippen LogP contribution in [0.2, 0.25) is 0 Å². The van der Waals surface area contributed by atoms with E-state index in [0.29, 0.717) is 24.0 Å². The average molecular weight is 524 g/mol. The first-order valence-electron chi connectivity index (χ1n) is 12.2. The number of pyridine rings is 2. The molecule has 0 saturated carbocycles. The second-order valence-electron chi connectivity index (χ2n) is 10.1. The lowest BCUT2D eigenvalue weighted by Gasteiger charge is -2.36. The Morgan fingerprint density at radius 2 is 1.86 bits per heavy atom. The van der Waals surface area contributed by atoms with E-state index in [9.17, 15) is 13.2 Å². The highest BCUT2D eigenvalue weighted by Crippen LogP contribution is 2.39. The van der Waals surface area contributed by atoms with Crippen molar-refractivity contribution >= 4 is 27.6 Å². The number of anilines is 2. The van der Waals surface area contributed by atoms with E-state index in [1.165, 1.54) is 18.3 Å². The number of sulfonamides is 1. The molecule has 9 nitrogen and oxygen atoms in total. The summed E-state index contributed by atoms with van der Waals surface area (Å²) >= 11 is 0. The number of nitrogens with one attached hydrogen (secondary N) is 1. The van der Waals surface area contributed by atoms with Gasteiger partial charge in [-0.25, -0.2) is 23.1 Å². The molecule has 10 heteroatoms. The van der Waals surface area contributed by atoms with E-state index >= 15 is 0 Å². The lowest BCUT2D eigenvalue weighted by atomic mass is 9.90. The third kappa shape index (κ3) is 5.39. The molecule has 0 bridgehead atoms. The number of rotatable bonds is 7. The minimum absolute atomic E-state index is 0.0612. The molecule has 1 atom stereocenters. The molecule has 1 amide bonds. The van der Waals surface area contributed by atoms with Crippen molar-refractivity contribution in [2.24, 2.45) is 5.92 Å². The van der Waals surface area contributed by atoms with Gasteiger partial charge >= 0.3 is 0 Å². The predicted molar refractivity (Wildman–Crippen MR) is 144 cm³/mol. The zero-order valence-corrected chi connectivity index (χ0v) is 22.5. The van der Waals surface area contributed by atoms with E-state index in [-0.39, 0.29) is 27.9 Å². The third-order valence-corrected chi connectivity index (χ3v) is 8.28. The first-order valence-corrected chi connectivity index (χ1v) is 13.7. The van der Waals surface area contributed by atoms with E-state index < -0.39 is 15.9 Å². The summed E-state index contributed by atoms with van der Waals surface area (Å²) in [5.41, 5.74) is 7.14. The summed E-state index contributed by atoms with van der Waals surface area (Å²) < 4.78 is 33.8. The van der Waals surface area contributed by atoms with Crippen LogP contribution in [0.3, 0.4) is 0 Å². The molecule has 1 aliphatic heterocycles. The van der Waals surface area contributed by atoms with Crippen molar-refractivity contribution < 1.29 is 17.9 Å². The maximum absolute atomic E-state index is 13.4. The van der Waals surface area contributed by atoms with Gasteiger partial charge in [-0.05, 0) is 88.6 Å². The number of hydrogen-bond acceptors (Lipinski definition) is 8. The van der Waals surface area contributed by atoms with Crippen LogP contribution >= 0.6 is 0 Å². The number of nitrogen functional groups attached to an aromatic ring is 1. The lowest BCUT2D eigenvalue weighted by Crippen LogP contribution is -2.43. The fourth-order valence-electron chi connectivity index (χ4n) is 4.44. The normalized spacial score (nSPS) is 17.1. The maximum atomic E-state index is 13.4. The zero-order chi connectivity index (χ0) is 27.0. The molecule has 1 unspecified atom stereocenters. The minimum Gasteiger partial charge on any atom is -0.491 e. The third-order valence-electron chi connectivity index (χ3n) is 6.90. The SMILES string of the molecule is CC(C)Oc1ccc(-c2ccc(C(=O)NS(=O)(=O)c3cccnc3N)c(N3CCC(C)C3(C)C)n2)cc1. The molecule has 0 aliphatic carbocycles. The fraction of sp³-hybridized carbons (Fsp3) is 0.370. The number of hydrogen-bond donors (Lipinski definition) is 2. The molecule has 37 heavy (non-hydrogen) atoms. The van der Waals surface area contributed by atoms with Gasteiger partial charge in [-0.3, -0.25) is 4.79 Å². The second kappa shape index (κ2) is 10.0.